The van der Waals surface area contributed by atoms with Gasteiger partial charge in [-0.2, -0.15) is 0 Å². The number of nitrogens with zero attached hydrogens (tertiary/aromatic N) is 1. The number of hydrogen-bond donors (Lipinski definition) is 3. The fourth-order valence-corrected chi connectivity index (χ4v) is 4.85. The number of anilines is 2. The number of nitrogens with one attached hydrogen (secondary N) is 3. The van der Waals surface area contributed by atoms with Crippen molar-refractivity contribution in [2.45, 2.75) is 24.3 Å². The zero-order valence-corrected chi connectivity index (χ0v) is 23.6. The van der Waals surface area contributed by atoms with Gasteiger partial charge in [-0.05, 0) is 91.0 Å². The smallest absolute Gasteiger partial charge is 0.257 e. The Morgan fingerprint density at radius 2 is 1.56 bits per heavy atom. The van der Waals surface area contributed by atoms with Gasteiger partial charge in [0.25, 0.3) is 5.91 Å². The Hall–Kier alpha value is -4.44. The molecule has 0 bridgehead atoms. The van der Waals surface area contributed by atoms with E-state index in [1.807, 2.05) is 66.7 Å². The van der Waals surface area contributed by atoms with E-state index < -0.39 is 28.6 Å². The third kappa shape index (κ3) is 7.40. The van der Waals surface area contributed by atoms with Crippen molar-refractivity contribution in [3.8, 4) is 16.9 Å². The van der Waals surface area contributed by atoms with Gasteiger partial charge in [0.15, 0.2) is 0 Å². The molecule has 0 fully saturated rings. The van der Waals surface area contributed by atoms with Crippen LogP contribution in [-0.2, 0) is 5.54 Å². The summed E-state index contributed by atoms with van der Waals surface area (Å²) >= 11 is 1.39. The first-order valence-corrected chi connectivity index (χ1v) is 13.7. The van der Waals surface area contributed by atoms with Gasteiger partial charge in [-0.3, -0.25) is 4.79 Å². The summed E-state index contributed by atoms with van der Waals surface area (Å²) in [6.45, 7) is 4.09. The quantitative estimate of drug-likeness (QED) is 0.0914. The number of benzene rings is 4. The van der Waals surface area contributed by atoms with E-state index in [4.69, 9.17) is 4.74 Å². The summed E-state index contributed by atoms with van der Waals surface area (Å²) in [5.41, 5.74) is 2.95. The number of ether oxygens (including phenoxy) is 1. The van der Waals surface area contributed by atoms with Gasteiger partial charge in [-0.25, -0.2) is 8.78 Å². The van der Waals surface area contributed by atoms with Crippen LogP contribution in [0.15, 0.2) is 95.0 Å². The van der Waals surface area contributed by atoms with Crippen molar-refractivity contribution in [2.24, 2.45) is 5.18 Å². The molecule has 0 spiro atoms. The normalized spacial score (nSPS) is 11.0. The largest absolute Gasteiger partial charge is 0.496 e. The Morgan fingerprint density at radius 1 is 0.878 bits per heavy atom. The molecule has 10 heteroatoms. The number of amides is 1. The maximum atomic E-state index is 13.8. The predicted molar refractivity (Wildman–Crippen MR) is 160 cm³/mol. The molecule has 1 amide bonds. The number of carbonyl (C=O) groups excluding carboxylic acids is 1. The SMILES string of the molecule is COc1ccc(-c2cccc(C(C)(C)N=O)c2)cc1SNc1cccc(NCCNC(=O)c2c(F)cccc2F)c1. The monoisotopic (exact) mass is 576 g/mol. The average molecular weight is 577 g/mol. The summed E-state index contributed by atoms with van der Waals surface area (Å²) < 4.78 is 36.5. The van der Waals surface area contributed by atoms with Crippen LogP contribution in [0.2, 0.25) is 0 Å². The zero-order chi connectivity index (χ0) is 29.4. The van der Waals surface area contributed by atoms with E-state index in [0.717, 1.165) is 45.1 Å². The molecule has 0 aliphatic carbocycles. The zero-order valence-electron chi connectivity index (χ0n) is 22.8. The molecule has 0 aromatic heterocycles. The molecular weight excluding hydrogens is 546 g/mol. The van der Waals surface area contributed by atoms with Crippen LogP contribution in [0.4, 0.5) is 20.2 Å². The Bertz CT molecular complexity index is 1530. The lowest BCUT2D eigenvalue weighted by Gasteiger charge is -2.17. The second kappa shape index (κ2) is 13.3. The Labute approximate surface area is 241 Å². The highest BCUT2D eigenvalue weighted by Crippen LogP contribution is 2.36. The van der Waals surface area contributed by atoms with E-state index in [-0.39, 0.29) is 6.54 Å². The van der Waals surface area contributed by atoms with Crippen LogP contribution in [0.1, 0.15) is 29.8 Å². The average Bonchev–Trinajstić information content (AvgIpc) is 2.98. The summed E-state index contributed by atoms with van der Waals surface area (Å²) in [7, 11) is 1.61. The summed E-state index contributed by atoms with van der Waals surface area (Å²) in [6, 6.07) is 24.5. The first-order valence-electron chi connectivity index (χ1n) is 12.8. The van der Waals surface area contributed by atoms with Crippen LogP contribution in [0, 0.1) is 16.5 Å². The number of nitroso groups, excluding NO2 is 1. The van der Waals surface area contributed by atoms with Crippen LogP contribution in [-0.4, -0.2) is 26.1 Å². The highest BCUT2D eigenvalue weighted by atomic mass is 32.2. The molecule has 0 aliphatic rings. The lowest BCUT2D eigenvalue weighted by atomic mass is 9.92. The van der Waals surface area contributed by atoms with E-state index in [1.165, 1.54) is 18.0 Å². The lowest BCUT2D eigenvalue weighted by molar-refractivity contribution is 0.0946. The molecule has 4 aromatic carbocycles. The molecule has 0 saturated carbocycles. The van der Waals surface area contributed by atoms with Gasteiger partial charge >= 0.3 is 0 Å². The van der Waals surface area contributed by atoms with Crippen molar-refractivity contribution in [1.29, 1.82) is 0 Å². The molecule has 7 nitrogen and oxygen atoms in total. The molecule has 0 aliphatic heterocycles. The summed E-state index contributed by atoms with van der Waals surface area (Å²) in [5.74, 6) is -1.90. The van der Waals surface area contributed by atoms with Gasteiger partial charge in [-0.15, -0.1) is 4.91 Å². The maximum Gasteiger partial charge on any atom is 0.257 e. The van der Waals surface area contributed by atoms with Crippen molar-refractivity contribution < 1.29 is 18.3 Å². The van der Waals surface area contributed by atoms with Gasteiger partial charge in [-0.1, -0.05) is 41.6 Å². The second-order valence-corrected chi connectivity index (χ2v) is 10.5. The first-order chi connectivity index (χ1) is 19.7. The van der Waals surface area contributed by atoms with Gasteiger partial charge in [0.2, 0.25) is 0 Å². The number of halogens is 2. The molecule has 0 unspecified atom stereocenters. The summed E-state index contributed by atoms with van der Waals surface area (Å²) in [5, 5.41) is 8.97. The van der Waals surface area contributed by atoms with Crippen molar-refractivity contribution >= 4 is 29.2 Å². The van der Waals surface area contributed by atoms with Crippen molar-refractivity contribution in [3.05, 3.63) is 113 Å². The molecule has 0 saturated heterocycles. The molecule has 0 heterocycles. The van der Waals surface area contributed by atoms with Crippen molar-refractivity contribution in [2.75, 3.05) is 30.2 Å². The molecule has 212 valence electrons. The molecule has 0 atom stereocenters. The van der Waals surface area contributed by atoms with Crippen molar-refractivity contribution in [1.82, 2.24) is 5.32 Å². The fraction of sp³-hybridized carbons (Fsp3) is 0.194. The predicted octanol–water partition coefficient (Wildman–Crippen LogP) is 7.60. The highest BCUT2D eigenvalue weighted by molar-refractivity contribution is 8.00. The minimum Gasteiger partial charge on any atom is -0.496 e. The summed E-state index contributed by atoms with van der Waals surface area (Å²) in [6.07, 6.45) is 0. The van der Waals surface area contributed by atoms with Gasteiger partial charge < -0.3 is 20.1 Å². The van der Waals surface area contributed by atoms with E-state index in [2.05, 4.69) is 20.5 Å². The summed E-state index contributed by atoms with van der Waals surface area (Å²) in [4.78, 5) is 24.3. The first kappa shape index (κ1) is 29.5. The lowest BCUT2D eigenvalue weighted by Crippen LogP contribution is -2.30. The van der Waals surface area contributed by atoms with E-state index in [0.29, 0.717) is 12.3 Å². The van der Waals surface area contributed by atoms with E-state index >= 15 is 0 Å². The minimum absolute atomic E-state index is 0.171. The van der Waals surface area contributed by atoms with Crippen LogP contribution in [0.3, 0.4) is 0 Å². The maximum absolute atomic E-state index is 13.8. The number of rotatable bonds is 12. The van der Waals surface area contributed by atoms with Crippen LogP contribution in [0.25, 0.3) is 11.1 Å². The molecule has 3 N–H and O–H groups in total. The van der Waals surface area contributed by atoms with E-state index in [1.54, 1.807) is 21.0 Å². The molecule has 4 rings (SSSR count). The molecule has 0 radical (unpaired) electrons. The molecule has 4 aromatic rings. The Balaban J connectivity index is 1.38. The van der Waals surface area contributed by atoms with Crippen LogP contribution in [0.5, 0.6) is 5.75 Å². The van der Waals surface area contributed by atoms with Crippen LogP contribution < -0.4 is 20.1 Å². The Kier molecular flexibility index (Phi) is 9.57. The van der Waals surface area contributed by atoms with Crippen molar-refractivity contribution in [3.63, 3.8) is 0 Å². The molecule has 41 heavy (non-hydrogen) atoms. The van der Waals surface area contributed by atoms with Crippen LogP contribution >= 0.6 is 11.9 Å². The number of carbonyl (C=O) groups is 1. The third-order valence-electron chi connectivity index (χ3n) is 6.37. The fourth-order valence-electron chi connectivity index (χ4n) is 4.06. The third-order valence-corrected chi connectivity index (χ3v) is 7.24. The topological polar surface area (TPSA) is 91.8 Å². The minimum atomic E-state index is -0.901. The van der Waals surface area contributed by atoms with Gasteiger partial charge in [0.1, 0.15) is 28.5 Å². The Morgan fingerprint density at radius 3 is 2.29 bits per heavy atom. The van der Waals surface area contributed by atoms with Gasteiger partial charge in [0.05, 0.1) is 12.0 Å². The number of hydrogen-bond acceptors (Lipinski definition) is 7. The standard InChI is InChI=1S/C31H30F2N4O3S/c1-31(2,37-39)22-8-4-7-20(17-22)21-13-14-27(40-3)28(18-21)41-36-24-10-5-9-23(19-24)34-15-16-35-30(38)29-25(32)11-6-12-26(29)33/h4-14,17-19,34,36H,15-16H2,1-3H3,(H,35,38). The number of methoxy groups -OCH3 is 1. The van der Waals surface area contributed by atoms with Gasteiger partial charge in [0, 0.05) is 24.5 Å². The molecular formula is C31H30F2N4O3S. The van der Waals surface area contributed by atoms with E-state index in [9.17, 15) is 18.5 Å². The highest BCUT2D eigenvalue weighted by Gasteiger charge is 2.21. The second-order valence-electron chi connectivity index (χ2n) is 9.66.